The van der Waals surface area contributed by atoms with Gasteiger partial charge in [0, 0.05) is 11.8 Å². The van der Waals surface area contributed by atoms with Gasteiger partial charge in [0.1, 0.15) is 18.0 Å². The summed E-state index contributed by atoms with van der Waals surface area (Å²) in [5.41, 5.74) is 1.42. The number of rotatable bonds is 6. The first-order chi connectivity index (χ1) is 14.5. The number of aromatic nitrogens is 4. The molecule has 3 aromatic rings. The Hall–Kier alpha value is -3.64. The average Bonchev–Trinajstić information content (AvgIpc) is 3.12. The molecule has 3 rings (SSSR count). The zero-order valence-corrected chi connectivity index (χ0v) is 15.7. The molecule has 0 unspecified atom stereocenters. The van der Waals surface area contributed by atoms with Crippen LogP contribution >= 0.6 is 0 Å². The summed E-state index contributed by atoms with van der Waals surface area (Å²) in [5.74, 6) is -0.0368. The molecule has 0 saturated heterocycles. The molecule has 2 heterocycles. The number of halogens is 6. The van der Waals surface area contributed by atoms with Crippen LogP contribution < -0.4 is 10.2 Å². The molecular formula is C18H14F6N6O. The topological polar surface area (TPSA) is 77.2 Å². The zero-order valence-electron chi connectivity index (χ0n) is 15.7. The highest BCUT2D eigenvalue weighted by Gasteiger charge is 2.34. The number of methoxy groups -OCH3 is 1. The molecule has 0 saturated carbocycles. The van der Waals surface area contributed by atoms with Gasteiger partial charge in [-0.1, -0.05) is 12.1 Å². The Balaban J connectivity index is 1.84. The molecule has 0 amide bonds. The molecule has 0 aliphatic heterocycles. The van der Waals surface area contributed by atoms with Crippen molar-refractivity contribution in [2.75, 3.05) is 12.5 Å². The molecule has 0 radical (unpaired) electrons. The van der Waals surface area contributed by atoms with Gasteiger partial charge in [-0.25, -0.2) is 15.4 Å². The lowest BCUT2D eigenvalue weighted by Gasteiger charge is -2.10. The third-order valence-corrected chi connectivity index (χ3v) is 3.75. The van der Waals surface area contributed by atoms with E-state index >= 15 is 0 Å². The van der Waals surface area contributed by atoms with E-state index in [1.54, 1.807) is 18.2 Å². The van der Waals surface area contributed by atoms with Crippen LogP contribution in [0.4, 0.5) is 32.3 Å². The van der Waals surface area contributed by atoms with Crippen LogP contribution in [0, 0.1) is 0 Å². The molecule has 31 heavy (non-hydrogen) atoms. The summed E-state index contributed by atoms with van der Waals surface area (Å²) in [6.45, 7) is -1.28. The third-order valence-electron chi connectivity index (χ3n) is 3.75. The van der Waals surface area contributed by atoms with Gasteiger partial charge in [0.25, 0.3) is 0 Å². The minimum absolute atomic E-state index is 0.0339. The van der Waals surface area contributed by atoms with Crippen LogP contribution in [0.5, 0.6) is 5.75 Å². The van der Waals surface area contributed by atoms with Crippen molar-refractivity contribution in [2.45, 2.75) is 18.9 Å². The molecular weight excluding hydrogens is 430 g/mol. The zero-order chi connectivity index (χ0) is 22.6. The molecule has 7 nitrogen and oxygen atoms in total. The Morgan fingerprint density at radius 1 is 1.10 bits per heavy atom. The molecule has 164 valence electrons. The fraction of sp³-hybridized carbons (Fsp3) is 0.222. The van der Waals surface area contributed by atoms with Gasteiger partial charge in [-0.2, -0.15) is 36.5 Å². The fourth-order valence-corrected chi connectivity index (χ4v) is 2.45. The van der Waals surface area contributed by atoms with Gasteiger partial charge in [-0.05, 0) is 24.3 Å². The van der Waals surface area contributed by atoms with E-state index in [-0.39, 0.29) is 11.4 Å². The first kappa shape index (κ1) is 22.1. The van der Waals surface area contributed by atoms with Crippen LogP contribution in [0.2, 0.25) is 0 Å². The second kappa shape index (κ2) is 8.62. The second-order valence-corrected chi connectivity index (χ2v) is 6.12. The smallest absolute Gasteiger partial charge is 0.433 e. The molecule has 0 atom stereocenters. The van der Waals surface area contributed by atoms with Crippen molar-refractivity contribution in [3.63, 3.8) is 0 Å². The molecule has 1 aromatic carbocycles. The third kappa shape index (κ3) is 6.17. The van der Waals surface area contributed by atoms with Crippen LogP contribution in [0.15, 0.2) is 47.7 Å². The summed E-state index contributed by atoms with van der Waals surface area (Å²) in [4.78, 5) is 7.40. The Morgan fingerprint density at radius 3 is 2.55 bits per heavy atom. The van der Waals surface area contributed by atoms with Gasteiger partial charge in [0.15, 0.2) is 5.69 Å². The number of nitrogens with one attached hydrogen (secondary N) is 1. The van der Waals surface area contributed by atoms with E-state index in [9.17, 15) is 26.3 Å². The molecule has 0 spiro atoms. The van der Waals surface area contributed by atoms with Crippen molar-refractivity contribution in [1.82, 2.24) is 19.7 Å². The molecule has 0 bridgehead atoms. The SMILES string of the molecule is COc1cccc(-c2cc(C(F)(F)F)nc(N/N=C/c3ccn(CC(F)(F)F)n3)n2)c1. The molecule has 0 aliphatic carbocycles. The monoisotopic (exact) mass is 444 g/mol. The van der Waals surface area contributed by atoms with Gasteiger partial charge < -0.3 is 4.74 Å². The van der Waals surface area contributed by atoms with Gasteiger partial charge in [0.2, 0.25) is 5.95 Å². The normalized spacial score (nSPS) is 12.4. The predicted molar refractivity (Wildman–Crippen MR) is 98.5 cm³/mol. The van der Waals surface area contributed by atoms with E-state index in [1.165, 1.54) is 19.2 Å². The van der Waals surface area contributed by atoms with Crippen molar-refractivity contribution in [3.05, 3.63) is 54.0 Å². The number of benzene rings is 1. The van der Waals surface area contributed by atoms with Gasteiger partial charge >= 0.3 is 12.4 Å². The summed E-state index contributed by atoms with van der Waals surface area (Å²) in [7, 11) is 1.41. The van der Waals surface area contributed by atoms with E-state index in [2.05, 4.69) is 25.6 Å². The number of hydrogen-bond acceptors (Lipinski definition) is 6. The summed E-state index contributed by atoms with van der Waals surface area (Å²) < 4.78 is 82.5. The van der Waals surface area contributed by atoms with E-state index in [4.69, 9.17) is 4.74 Å². The lowest BCUT2D eigenvalue weighted by Crippen LogP contribution is -2.18. The van der Waals surface area contributed by atoms with Gasteiger partial charge in [-0.3, -0.25) is 4.68 Å². The maximum absolute atomic E-state index is 13.2. The highest BCUT2D eigenvalue weighted by atomic mass is 19.4. The highest BCUT2D eigenvalue weighted by molar-refractivity contribution is 5.77. The van der Waals surface area contributed by atoms with Gasteiger partial charge in [-0.15, -0.1) is 0 Å². The van der Waals surface area contributed by atoms with E-state index in [0.29, 0.717) is 16.0 Å². The summed E-state index contributed by atoms with van der Waals surface area (Å²) in [6.07, 6.45) is -7.06. The molecule has 13 heteroatoms. The van der Waals surface area contributed by atoms with Crippen molar-refractivity contribution in [2.24, 2.45) is 5.10 Å². The largest absolute Gasteiger partial charge is 0.497 e. The Morgan fingerprint density at radius 2 is 1.87 bits per heavy atom. The van der Waals surface area contributed by atoms with Crippen LogP contribution in [0.25, 0.3) is 11.3 Å². The highest BCUT2D eigenvalue weighted by Crippen LogP contribution is 2.32. The van der Waals surface area contributed by atoms with Crippen LogP contribution in [0.3, 0.4) is 0 Å². The van der Waals surface area contributed by atoms with E-state index in [0.717, 1.165) is 18.5 Å². The fourth-order valence-electron chi connectivity index (χ4n) is 2.45. The summed E-state index contributed by atoms with van der Waals surface area (Å²) in [5, 5.41) is 7.30. The molecule has 0 fully saturated rings. The first-order valence-electron chi connectivity index (χ1n) is 8.53. The molecule has 2 aromatic heterocycles. The van der Waals surface area contributed by atoms with Crippen molar-refractivity contribution < 1.29 is 31.1 Å². The van der Waals surface area contributed by atoms with Crippen molar-refractivity contribution in [3.8, 4) is 17.0 Å². The maximum Gasteiger partial charge on any atom is 0.433 e. The number of nitrogens with zero attached hydrogens (tertiary/aromatic N) is 5. The number of hydrogen-bond donors (Lipinski definition) is 1. The van der Waals surface area contributed by atoms with E-state index < -0.39 is 30.5 Å². The van der Waals surface area contributed by atoms with Crippen molar-refractivity contribution >= 4 is 12.2 Å². The average molecular weight is 444 g/mol. The second-order valence-electron chi connectivity index (χ2n) is 6.12. The van der Waals surface area contributed by atoms with Crippen molar-refractivity contribution in [1.29, 1.82) is 0 Å². The minimum atomic E-state index is -4.74. The van der Waals surface area contributed by atoms with Crippen LogP contribution in [0.1, 0.15) is 11.4 Å². The standard InChI is InChI=1S/C18H14F6N6O/c1-31-13-4-2-3-11(7-13)14-8-15(18(22,23)24)27-16(26-14)28-25-9-12-5-6-30(29-12)10-17(19,20)21/h2-9H,10H2,1H3,(H,26,27,28)/b25-9+. The number of alkyl halides is 6. The first-order valence-corrected chi connectivity index (χ1v) is 8.53. The van der Waals surface area contributed by atoms with Crippen LogP contribution in [-0.4, -0.2) is 39.2 Å². The van der Waals surface area contributed by atoms with Crippen LogP contribution in [-0.2, 0) is 12.7 Å². The minimum Gasteiger partial charge on any atom is -0.497 e. The maximum atomic E-state index is 13.2. The van der Waals surface area contributed by atoms with E-state index in [1.807, 2.05) is 0 Å². The number of ether oxygens (including phenoxy) is 1. The number of anilines is 1. The lowest BCUT2D eigenvalue weighted by atomic mass is 10.1. The summed E-state index contributed by atoms with van der Waals surface area (Å²) >= 11 is 0. The molecule has 0 aliphatic rings. The summed E-state index contributed by atoms with van der Waals surface area (Å²) in [6, 6.07) is 8.30. The molecule has 1 N–H and O–H groups in total. The Labute approximate surface area is 171 Å². The lowest BCUT2D eigenvalue weighted by molar-refractivity contribution is -0.143. The number of hydrazone groups is 1. The Bertz CT molecular complexity index is 1080. The predicted octanol–water partition coefficient (Wildman–Crippen LogP) is 4.38. The Kier molecular flexibility index (Phi) is 6.13. The quantitative estimate of drug-likeness (QED) is 0.347. The van der Waals surface area contributed by atoms with Gasteiger partial charge in [0.05, 0.1) is 19.0 Å².